The van der Waals surface area contributed by atoms with Crippen molar-refractivity contribution in [2.24, 2.45) is 0 Å². The highest BCUT2D eigenvalue weighted by Crippen LogP contribution is 2.63. The normalized spacial score (nSPS) is 25.6. The Bertz CT molecular complexity index is 693. The van der Waals surface area contributed by atoms with Crippen molar-refractivity contribution >= 4 is 32.7 Å². The molecule has 4 rings (SSSR count). The summed E-state index contributed by atoms with van der Waals surface area (Å²) in [7, 11) is 0.00264. The second-order valence-electron chi connectivity index (χ2n) is 12.2. The molecule has 1 atom stereocenters. The molecule has 0 aromatic carbocycles. The summed E-state index contributed by atoms with van der Waals surface area (Å²) in [6.07, 6.45) is 22.4. The number of ether oxygens (including phenoxy) is 1. The minimum absolute atomic E-state index is 0. The molecule has 1 unspecified atom stereocenters. The van der Waals surface area contributed by atoms with E-state index < -0.39 is 0 Å². The number of halogens is 2. The van der Waals surface area contributed by atoms with Gasteiger partial charge in [0.1, 0.15) is 5.82 Å². The molecule has 37 heavy (non-hydrogen) atoms. The molecule has 1 heterocycles. The second-order valence-corrected chi connectivity index (χ2v) is 15.2. The first-order valence-electron chi connectivity index (χ1n) is 15.4. The van der Waals surface area contributed by atoms with Crippen LogP contribution < -0.4 is 0 Å². The quantitative estimate of drug-likeness (QED) is 0.222. The Morgan fingerprint density at radius 1 is 0.757 bits per heavy atom. The predicted molar refractivity (Wildman–Crippen MR) is 168 cm³/mol. The number of allylic oxidation sites excluding steroid dienone is 2. The molecule has 0 bridgehead atoms. The molecule has 0 aromatic heterocycles. The zero-order chi connectivity index (χ0) is 24.8. The number of hydrogen-bond acceptors (Lipinski definition) is 3. The fourth-order valence-corrected chi connectivity index (χ4v) is 12.1. The molecule has 0 amide bonds. The molecule has 3 nitrogen and oxygen atoms in total. The lowest BCUT2D eigenvalue weighted by molar-refractivity contribution is 0.106. The van der Waals surface area contributed by atoms with Gasteiger partial charge in [0.05, 0.1) is 12.9 Å². The SMILES string of the molecule is CCOC=C1C(=C2N(C(C)C)CCCN2C(C)C)CCCC1P(C1CCCCC1)C1CCCCC1.Cl.Cl. The number of hydrogen-bond donors (Lipinski definition) is 0. The summed E-state index contributed by atoms with van der Waals surface area (Å²) in [5.74, 6) is 1.57. The van der Waals surface area contributed by atoms with Gasteiger partial charge in [-0.2, -0.15) is 0 Å². The van der Waals surface area contributed by atoms with Gasteiger partial charge in [0.15, 0.2) is 0 Å². The Kier molecular flexibility index (Phi) is 14.5. The Hall–Kier alpha value is -0.110. The van der Waals surface area contributed by atoms with Gasteiger partial charge in [-0.15, -0.1) is 24.8 Å². The van der Waals surface area contributed by atoms with Crippen molar-refractivity contribution in [3.8, 4) is 0 Å². The van der Waals surface area contributed by atoms with Crippen LogP contribution >= 0.6 is 32.7 Å². The van der Waals surface area contributed by atoms with E-state index in [1.807, 2.05) is 0 Å². The predicted octanol–water partition coefficient (Wildman–Crippen LogP) is 9.49. The van der Waals surface area contributed by atoms with E-state index in [-0.39, 0.29) is 32.7 Å². The fourth-order valence-electron chi connectivity index (χ4n) is 7.55. The highest BCUT2D eigenvalue weighted by molar-refractivity contribution is 7.60. The van der Waals surface area contributed by atoms with E-state index in [0.717, 1.165) is 23.6 Å². The lowest BCUT2D eigenvalue weighted by atomic mass is 9.88. The summed E-state index contributed by atoms with van der Waals surface area (Å²) in [6.45, 7) is 14.9. The minimum Gasteiger partial charge on any atom is -0.501 e. The topological polar surface area (TPSA) is 15.7 Å². The lowest BCUT2D eigenvalue weighted by Crippen LogP contribution is -2.49. The molecular weight excluding hydrogens is 518 g/mol. The Balaban J connectivity index is 0.00000241. The van der Waals surface area contributed by atoms with Gasteiger partial charge in [0.2, 0.25) is 0 Å². The van der Waals surface area contributed by atoms with Crippen LogP contribution in [-0.2, 0) is 4.74 Å². The average molecular weight is 576 g/mol. The first-order valence-corrected chi connectivity index (χ1v) is 16.9. The molecule has 3 saturated carbocycles. The van der Waals surface area contributed by atoms with E-state index in [0.29, 0.717) is 12.1 Å². The highest BCUT2D eigenvalue weighted by atomic mass is 35.5. The van der Waals surface area contributed by atoms with E-state index >= 15 is 0 Å². The maximum atomic E-state index is 6.22. The second kappa shape index (κ2) is 16.2. The van der Waals surface area contributed by atoms with Crippen molar-refractivity contribution in [1.82, 2.24) is 9.80 Å². The molecule has 0 aromatic rings. The van der Waals surface area contributed by atoms with E-state index in [1.165, 1.54) is 103 Å². The van der Waals surface area contributed by atoms with Crippen molar-refractivity contribution in [1.29, 1.82) is 0 Å². The van der Waals surface area contributed by atoms with Gasteiger partial charge in [-0.25, -0.2) is 0 Å². The third-order valence-electron chi connectivity index (χ3n) is 9.20. The van der Waals surface area contributed by atoms with E-state index in [9.17, 15) is 0 Å². The van der Waals surface area contributed by atoms with Gasteiger partial charge in [-0.3, -0.25) is 0 Å². The van der Waals surface area contributed by atoms with Gasteiger partial charge in [0.25, 0.3) is 0 Å². The fraction of sp³-hybridized carbons (Fsp3) is 0.871. The standard InChI is InChI=1S/C31H55N2OP.2ClH/c1-6-34-23-29-28(31-32(24(2)3)21-14-22-33(31)25(4)5)19-13-20-30(29)35(26-15-9-7-10-16-26)27-17-11-8-12-18-27;;/h23-27,30H,6-22H2,1-5H3;2*1H. The van der Waals surface area contributed by atoms with Crippen LogP contribution in [0.15, 0.2) is 23.2 Å². The summed E-state index contributed by atoms with van der Waals surface area (Å²) in [5, 5.41) is 0. The summed E-state index contributed by atoms with van der Waals surface area (Å²) < 4.78 is 6.22. The van der Waals surface area contributed by atoms with Gasteiger partial charge < -0.3 is 14.5 Å². The van der Waals surface area contributed by atoms with Crippen molar-refractivity contribution in [2.75, 3.05) is 19.7 Å². The molecule has 4 aliphatic rings. The monoisotopic (exact) mass is 574 g/mol. The first-order chi connectivity index (χ1) is 17.0. The number of rotatable bonds is 7. The molecule has 216 valence electrons. The van der Waals surface area contributed by atoms with Gasteiger partial charge in [-0.05, 0) is 103 Å². The Morgan fingerprint density at radius 2 is 1.27 bits per heavy atom. The summed E-state index contributed by atoms with van der Waals surface area (Å²) in [6, 6.07) is 1.09. The van der Waals surface area contributed by atoms with Crippen LogP contribution in [0.5, 0.6) is 0 Å². The molecule has 0 N–H and O–H groups in total. The zero-order valence-electron chi connectivity index (χ0n) is 24.6. The third kappa shape index (κ3) is 7.98. The van der Waals surface area contributed by atoms with E-state index in [1.54, 1.807) is 17.0 Å². The van der Waals surface area contributed by atoms with Gasteiger partial charge in [-0.1, -0.05) is 46.4 Å². The van der Waals surface area contributed by atoms with Crippen LogP contribution in [-0.4, -0.2) is 58.6 Å². The molecule has 6 heteroatoms. The summed E-state index contributed by atoms with van der Waals surface area (Å²) in [5.41, 5.74) is 6.04. The van der Waals surface area contributed by atoms with Crippen LogP contribution in [0.1, 0.15) is 125 Å². The molecule has 0 radical (unpaired) electrons. The first kappa shape index (κ1) is 33.1. The maximum Gasteiger partial charge on any atom is 0.108 e. The molecule has 1 saturated heterocycles. The molecule has 0 spiro atoms. The maximum absolute atomic E-state index is 6.22. The molecule has 1 aliphatic heterocycles. The smallest absolute Gasteiger partial charge is 0.108 e. The van der Waals surface area contributed by atoms with Crippen LogP contribution in [0, 0.1) is 0 Å². The summed E-state index contributed by atoms with van der Waals surface area (Å²) in [4.78, 5) is 5.48. The highest BCUT2D eigenvalue weighted by Gasteiger charge is 2.42. The van der Waals surface area contributed by atoms with E-state index in [4.69, 9.17) is 4.74 Å². The van der Waals surface area contributed by atoms with Crippen LogP contribution in [0.2, 0.25) is 0 Å². The number of nitrogens with zero attached hydrogens (tertiary/aromatic N) is 2. The van der Waals surface area contributed by atoms with Crippen LogP contribution in [0.4, 0.5) is 0 Å². The van der Waals surface area contributed by atoms with Gasteiger partial charge >= 0.3 is 0 Å². The largest absolute Gasteiger partial charge is 0.501 e. The van der Waals surface area contributed by atoms with Crippen molar-refractivity contribution in [3.05, 3.63) is 23.2 Å². The Labute approximate surface area is 243 Å². The van der Waals surface area contributed by atoms with Crippen molar-refractivity contribution in [3.63, 3.8) is 0 Å². The Morgan fingerprint density at radius 3 is 1.73 bits per heavy atom. The lowest BCUT2D eigenvalue weighted by Gasteiger charge is -2.49. The van der Waals surface area contributed by atoms with Crippen molar-refractivity contribution < 1.29 is 4.74 Å². The van der Waals surface area contributed by atoms with Gasteiger partial charge in [0, 0.05) is 36.4 Å². The van der Waals surface area contributed by atoms with Crippen molar-refractivity contribution in [2.45, 2.75) is 154 Å². The van der Waals surface area contributed by atoms with Crippen LogP contribution in [0.3, 0.4) is 0 Å². The zero-order valence-corrected chi connectivity index (χ0v) is 27.1. The molecule has 4 fully saturated rings. The molecular formula is C31H57Cl2N2OP. The third-order valence-corrected chi connectivity index (χ3v) is 13.2. The average Bonchev–Trinajstić information content (AvgIpc) is 2.88. The minimum atomic E-state index is 0. The van der Waals surface area contributed by atoms with E-state index in [2.05, 4.69) is 50.7 Å². The van der Waals surface area contributed by atoms with Crippen LogP contribution in [0.25, 0.3) is 0 Å². The summed E-state index contributed by atoms with van der Waals surface area (Å²) >= 11 is 0. The molecule has 3 aliphatic carbocycles.